The number of hydrogen-bond donors (Lipinski definition) is 1. The molecule has 1 N–H and O–H groups in total. The Kier molecular flexibility index (Phi) is 2.64. The van der Waals surface area contributed by atoms with Gasteiger partial charge in [0, 0.05) is 26.2 Å². The summed E-state index contributed by atoms with van der Waals surface area (Å²) in [5.74, 6) is 0.351. The van der Waals surface area contributed by atoms with Crippen molar-refractivity contribution in [3.63, 3.8) is 0 Å². The molecule has 1 saturated carbocycles. The monoisotopic (exact) mass is 224 g/mol. The zero-order valence-corrected chi connectivity index (χ0v) is 9.64. The molecular formula is C12H20N2O2. The predicted molar refractivity (Wildman–Crippen MR) is 60.2 cm³/mol. The fourth-order valence-corrected chi connectivity index (χ4v) is 3.45. The Morgan fingerprint density at radius 1 is 1.06 bits per heavy atom. The zero-order chi connectivity index (χ0) is 11.1. The number of piperidine rings is 1. The maximum absolute atomic E-state index is 10.8. The lowest BCUT2D eigenvalue weighted by Gasteiger charge is -2.22. The smallest absolute Gasteiger partial charge is 0.307 e. The summed E-state index contributed by atoms with van der Waals surface area (Å²) in [5.41, 5.74) is 0. The second-order valence-electron chi connectivity index (χ2n) is 5.50. The number of nitrogens with zero attached hydrogens (tertiary/aromatic N) is 2. The Labute approximate surface area is 96.2 Å². The lowest BCUT2D eigenvalue weighted by atomic mass is 10.2. The molecule has 2 unspecified atom stereocenters. The number of likely N-dealkylation sites (tertiary alicyclic amines) is 2. The predicted octanol–water partition coefficient (Wildman–Crippen LogP) is 0.345. The van der Waals surface area contributed by atoms with Crippen molar-refractivity contribution in [3.8, 4) is 0 Å². The molecule has 3 fully saturated rings. The lowest BCUT2D eigenvalue weighted by molar-refractivity contribution is -0.139. The number of carboxylic acids is 1. The van der Waals surface area contributed by atoms with Crippen molar-refractivity contribution in [1.29, 1.82) is 0 Å². The van der Waals surface area contributed by atoms with Crippen LogP contribution >= 0.6 is 0 Å². The van der Waals surface area contributed by atoms with Gasteiger partial charge in [-0.3, -0.25) is 4.79 Å². The minimum absolute atomic E-state index is 0.0111. The van der Waals surface area contributed by atoms with Gasteiger partial charge in [0.15, 0.2) is 0 Å². The summed E-state index contributed by atoms with van der Waals surface area (Å²) in [7, 11) is 0. The van der Waals surface area contributed by atoms with Gasteiger partial charge in [-0.1, -0.05) is 0 Å². The van der Waals surface area contributed by atoms with Gasteiger partial charge in [0.25, 0.3) is 0 Å². The summed E-state index contributed by atoms with van der Waals surface area (Å²) in [6.07, 6.45) is 2.71. The molecule has 3 aliphatic rings. The topological polar surface area (TPSA) is 43.8 Å². The number of rotatable bonds is 4. The second kappa shape index (κ2) is 4.00. The molecule has 1 aliphatic carbocycles. The quantitative estimate of drug-likeness (QED) is 0.748. The summed E-state index contributed by atoms with van der Waals surface area (Å²) in [6.45, 7) is 6.89. The van der Waals surface area contributed by atoms with Gasteiger partial charge in [-0.25, -0.2) is 0 Å². The maximum Gasteiger partial charge on any atom is 0.307 e. The fourth-order valence-electron chi connectivity index (χ4n) is 3.45. The molecule has 4 nitrogen and oxygen atoms in total. The van der Waals surface area contributed by atoms with E-state index in [0.717, 1.165) is 19.6 Å². The van der Waals surface area contributed by atoms with Crippen molar-refractivity contribution < 1.29 is 9.90 Å². The Bertz CT molecular complexity index is 277. The Morgan fingerprint density at radius 2 is 1.62 bits per heavy atom. The van der Waals surface area contributed by atoms with Gasteiger partial charge >= 0.3 is 5.97 Å². The van der Waals surface area contributed by atoms with E-state index in [9.17, 15) is 4.79 Å². The molecule has 2 heterocycles. The van der Waals surface area contributed by atoms with Crippen molar-refractivity contribution in [2.45, 2.75) is 12.8 Å². The number of fused-ring (bicyclic) bond motifs is 1. The van der Waals surface area contributed by atoms with E-state index >= 15 is 0 Å². The van der Waals surface area contributed by atoms with Gasteiger partial charge in [-0.05, 0) is 37.8 Å². The van der Waals surface area contributed by atoms with Crippen LogP contribution < -0.4 is 0 Å². The van der Waals surface area contributed by atoms with Crippen LogP contribution in [0.3, 0.4) is 0 Å². The molecule has 0 aromatic heterocycles. The third-order valence-electron chi connectivity index (χ3n) is 4.49. The van der Waals surface area contributed by atoms with Crippen LogP contribution in [-0.2, 0) is 4.79 Å². The first kappa shape index (κ1) is 10.5. The molecule has 4 heteroatoms. The zero-order valence-electron chi connectivity index (χ0n) is 9.64. The maximum atomic E-state index is 10.8. The average Bonchev–Trinajstić information content (AvgIpc) is 2.72. The van der Waals surface area contributed by atoms with Gasteiger partial charge in [0.1, 0.15) is 0 Å². The fraction of sp³-hybridized carbons (Fsp3) is 0.917. The van der Waals surface area contributed by atoms with Gasteiger partial charge in [-0.15, -0.1) is 0 Å². The molecule has 90 valence electrons. The van der Waals surface area contributed by atoms with E-state index in [2.05, 4.69) is 9.80 Å². The molecule has 0 spiro atoms. The molecule has 0 aromatic carbocycles. The Hall–Kier alpha value is -0.610. The van der Waals surface area contributed by atoms with E-state index in [0.29, 0.717) is 11.8 Å². The van der Waals surface area contributed by atoms with Crippen LogP contribution in [0, 0.1) is 17.8 Å². The molecular weight excluding hydrogens is 204 g/mol. The highest BCUT2D eigenvalue weighted by molar-refractivity contribution is 5.74. The SMILES string of the molecule is O=C(O)C1C2CN(CCN3CCCC3)CC21. The summed E-state index contributed by atoms with van der Waals surface area (Å²) in [4.78, 5) is 15.8. The molecule has 16 heavy (non-hydrogen) atoms. The van der Waals surface area contributed by atoms with Crippen molar-refractivity contribution in [1.82, 2.24) is 9.80 Å². The van der Waals surface area contributed by atoms with E-state index in [1.807, 2.05) is 0 Å². The molecule has 0 radical (unpaired) electrons. The first-order chi connectivity index (χ1) is 7.75. The van der Waals surface area contributed by atoms with E-state index < -0.39 is 5.97 Å². The third-order valence-corrected chi connectivity index (χ3v) is 4.49. The second-order valence-corrected chi connectivity index (χ2v) is 5.50. The highest BCUT2D eigenvalue weighted by Crippen LogP contribution is 2.51. The largest absolute Gasteiger partial charge is 0.481 e. The van der Waals surface area contributed by atoms with E-state index in [-0.39, 0.29) is 5.92 Å². The molecule has 2 atom stereocenters. The van der Waals surface area contributed by atoms with Crippen LogP contribution in [0.2, 0.25) is 0 Å². The first-order valence-electron chi connectivity index (χ1n) is 6.43. The number of aliphatic carboxylic acids is 1. The van der Waals surface area contributed by atoms with Crippen LogP contribution in [0.15, 0.2) is 0 Å². The number of carboxylic acid groups (broad SMARTS) is 1. The summed E-state index contributed by atoms with van der Waals surface area (Å²) >= 11 is 0. The minimum atomic E-state index is -0.575. The molecule has 0 amide bonds. The standard InChI is InChI=1S/C12H20N2O2/c15-12(16)11-9-7-14(8-10(9)11)6-5-13-3-1-2-4-13/h9-11H,1-8H2,(H,15,16). The van der Waals surface area contributed by atoms with E-state index in [1.54, 1.807) is 0 Å². The molecule has 0 aromatic rings. The van der Waals surface area contributed by atoms with E-state index in [4.69, 9.17) is 5.11 Å². The van der Waals surface area contributed by atoms with Crippen molar-refractivity contribution in [3.05, 3.63) is 0 Å². The summed E-state index contributed by atoms with van der Waals surface area (Å²) < 4.78 is 0. The third kappa shape index (κ3) is 1.84. The van der Waals surface area contributed by atoms with Crippen molar-refractivity contribution in [2.24, 2.45) is 17.8 Å². The molecule has 2 aliphatic heterocycles. The van der Waals surface area contributed by atoms with E-state index in [1.165, 1.54) is 32.5 Å². The van der Waals surface area contributed by atoms with Gasteiger partial charge in [0.2, 0.25) is 0 Å². The summed E-state index contributed by atoms with van der Waals surface area (Å²) in [5, 5.41) is 8.92. The number of carbonyl (C=O) groups is 1. The van der Waals surface area contributed by atoms with Crippen LogP contribution in [0.4, 0.5) is 0 Å². The number of hydrogen-bond acceptors (Lipinski definition) is 3. The Balaban J connectivity index is 1.39. The van der Waals surface area contributed by atoms with Gasteiger partial charge < -0.3 is 14.9 Å². The van der Waals surface area contributed by atoms with Crippen LogP contribution in [0.25, 0.3) is 0 Å². The van der Waals surface area contributed by atoms with Crippen LogP contribution in [0.1, 0.15) is 12.8 Å². The summed E-state index contributed by atoms with van der Waals surface area (Å²) in [6, 6.07) is 0. The molecule has 2 saturated heterocycles. The van der Waals surface area contributed by atoms with Crippen LogP contribution in [0.5, 0.6) is 0 Å². The molecule has 0 bridgehead atoms. The van der Waals surface area contributed by atoms with Gasteiger partial charge in [0.05, 0.1) is 5.92 Å². The normalized spacial score (nSPS) is 38.9. The highest BCUT2D eigenvalue weighted by atomic mass is 16.4. The highest BCUT2D eigenvalue weighted by Gasteiger charge is 2.59. The van der Waals surface area contributed by atoms with Crippen molar-refractivity contribution >= 4 is 5.97 Å². The van der Waals surface area contributed by atoms with Crippen LogP contribution in [-0.4, -0.2) is 60.1 Å². The lowest BCUT2D eigenvalue weighted by Crippen LogP contribution is -2.34. The average molecular weight is 224 g/mol. The van der Waals surface area contributed by atoms with Crippen molar-refractivity contribution in [2.75, 3.05) is 39.3 Å². The minimum Gasteiger partial charge on any atom is -0.481 e. The molecule has 3 rings (SSSR count). The van der Waals surface area contributed by atoms with Gasteiger partial charge in [-0.2, -0.15) is 0 Å². The first-order valence-corrected chi connectivity index (χ1v) is 6.43. The Morgan fingerprint density at radius 3 is 2.19 bits per heavy atom.